The van der Waals surface area contributed by atoms with Crippen LogP contribution in [0, 0.1) is 0 Å². The van der Waals surface area contributed by atoms with Crippen molar-refractivity contribution < 1.29 is 14.0 Å². The van der Waals surface area contributed by atoms with E-state index in [1.807, 2.05) is 12.1 Å². The zero-order valence-electron chi connectivity index (χ0n) is 6.11. The predicted octanol–water partition coefficient (Wildman–Crippen LogP) is 2.61. The lowest BCUT2D eigenvalue weighted by Crippen LogP contribution is -1.81. The zero-order chi connectivity index (χ0) is 8.97. The van der Waals surface area contributed by atoms with Gasteiger partial charge in [0.05, 0.1) is 0 Å². The van der Waals surface area contributed by atoms with Gasteiger partial charge in [0.2, 0.25) is 0 Å². The molecule has 0 saturated carbocycles. The molecule has 1 aromatic carbocycles. The Labute approximate surface area is 79.4 Å². The van der Waals surface area contributed by atoms with Crippen molar-refractivity contribution in [2.45, 2.75) is 5.33 Å². The summed E-state index contributed by atoms with van der Waals surface area (Å²) < 4.78 is 14.8. The van der Waals surface area contributed by atoms with Crippen LogP contribution in [-0.2, 0) is 9.90 Å². The van der Waals surface area contributed by atoms with E-state index in [2.05, 4.69) is 20.5 Å². The van der Waals surface area contributed by atoms with Crippen molar-refractivity contribution in [2.24, 2.45) is 0 Å². The Hall–Kier alpha value is -0.440. The Morgan fingerprint density at radius 3 is 2.42 bits per heavy atom. The summed E-state index contributed by atoms with van der Waals surface area (Å²) in [5, 5.41) is 0.762. The first-order valence-corrected chi connectivity index (χ1v) is 5.46. The fourth-order valence-electron chi connectivity index (χ4n) is 0.730. The minimum atomic E-state index is -2.55. The lowest BCUT2D eigenvalue weighted by Gasteiger charge is -1.93. The van der Waals surface area contributed by atoms with Crippen molar-refractivity contribution in [2.75, 3.05) is 0 Å². The second-order valence-electron chi connectivity index (χ2n) is 2.11. The van der Waals surface area contributed by atoms with Crippen molar-refractivity contribution in [3.05, 3.63) is 29.8 Å². The van der Waals surface area contributed by atoms with Gasteiger partial charge in [0.1, 0.15) is 0 Å². The smallest absolute Gasteiger partial charge is 0.229 e. The third-order valence-electron chi connectivity index (χ3n) is 1.26. The number of alkyl halides is 1. The minimum Gasteiger partial charge on any atom is -0.229 e. The molecule has 0 fully saturated rings. The van der Waals surface area contributed by atoms with E-state index in [0.717, 1.165) is 10.9 Å². The largest absolute Gasteiger partial charge is 0.747 e. The third-order valence-corrected chi connectivity index (χ3v) is 2.28. The molecule has 1 aromatic rings. The monoisotopic (exact) mass is 249 g/mol. The van der Waals surface area contributed by atoms with E-state index in [-0.39, 0.29) is 0 Å². The number of rotatable bonds is 3. The molecule has 0 spiro atoms. The summed E-state index contributed by atoms with van der Waals surface area (Å²) in [5.41, 5.74) is 1.09. The molecule has 0 heterocycles. The molecule has 5 heteroatoms. The fraction of sp³-hybridized carbons (Fsp3) is 0.143. The molecule has 1 atom stereocenters. The minimum absolute atomic E-state index is 0.406. The average molecular weight is 250 g/mol. The molecule has 0 aromatic heterocycles. The van der Waals surface area contributed by atoms with Crippen LogP contribution in [0.1, 0.15) is 5.56 Å². The van der Waals surface area contributed by atoms with Crippen LogP contribution in [0.2, 0.25) is 0 Å². The van der Waals surface area contributed by atoms with Crippen molar-refractivity contribution in [3.63, 3.8) is 0 Å². The van der Waals surface area contributed by atoms with Gasteiger partial charge in [-0.2, -0.15) is 0 Å². The number of hydrogen-bond acceptors (Lipinski definition) is 2. The van der Waals surface area contributed by atoms with E-state index in [1.54, 1.807) is 12.1 Å². The highest BCUT2D eigenvalue weighted by Gasteiger charge is 2.13. The van der Waals surface area contributed by atoms with E-state index in [0.29, 0.717) is 5.75 Å². The molecule has 0 aliphatic rings. The standard InChI is InChI=1S/C7H6BrO3P/c8-5-6-1-3-7(4-2-6)11-12(9)10/h1-4H,5H2/p+1. The Morgan fingerprint density at radius 1 is 1.42 bits per heavy atom. The molecule has 0 amide bonds. The molecule has 1 unspecified atom stereocenters. The van der Waals surface area contributed by atoms with Gasteiger partial charge in [0.15, 0.2) is 5.75 Å². The first kappa shape index (κ1) is 9.65. The van der Waals surface area contributed by atoms with Crippen molar-refractivity contribution in [3.8, 4) is 5.75 Å². The summed E-state index contributed by atoms with van der Waals surface area (Å²) in [6, 6.07) is 6.95. The van der Waals surface area contributed by atoms with Gasteiger partial charge in [-0.1, -0.05) is 28.1 Å². The van der Waals surface area contributed by atoms with Gasteiger partial charge in [-0.3, -0.25) is 0 Å². The van der Waals surface area contributed by atoms with Gasteiger partial charge in [0.25, 0.3) is 0 Å². The van der Waals surface area contributed by atoms with Crippen LogP contribution >= 0.6 is 24.2 Å². The van der Waals surface area contributed by atoms with Crippen LogP contribution in [-0.4, -0.2) is 4.89 Å². The fourth-order valence-corrected chi connectivity index (χ4v) is 1.41. The van der Waals surface area contributed by atoms with E-state index < -0.39 is 8.25 Å². The maximum atomic E-state index is 10.2. The zero-order valence-corrected chi connectivity index (χ0v) is 8.59. The quantitative estimate of drug-likeness (QED) is 0.662. The van der Waals surface area contributed by atoms with Crippen molar-refractivity contribution in [1.29, 1.82) is 0 Å². The van der Waals surface area contributed by atoms with Crippen LogP contribution in [0.25, 0.3) is 0 Å². The number of benzene rings is 1. The molecular formula is C7H7BrO3P+. The summed E-state index contributed by atoms with van der Waals surface area (Å²) in [4.78, 5) is 8.41. The maximum Gasteiger partial charge on any atom is 0.747 e. The summed E-state index contributed by atoms with van der Waals surface area (Å²) >= 11 is 3.29. The molecule has 0 bridgehead atoms. The predicted molar refractivity (Wildman–Crippen MR) is 49.5 cm³/mol. The summed E-state index contributed by atoms with van der Waals surface area (Å²) in [7, 11) is -2.55. The van der Waals surface area contributed by atoms with E-state index in [1.165, 1.54) is 0 Å². The molecular weight excluding hydrogens is 243 g/mol. The van der Waals surface area contributed by atoms with E-state index in [4.69, 9.17) is 4.89 Å². The SMILES string of the molecule is O=[P+](O)Oc1ccc(CBr)cc1. The molecule has 3 nitrogen and oxygen atoms in total. The van der Waals surface area contributed by atoms with Crippen LogP contribution in [0.3, 0.4) is 0 Å². The number of hydrogen-bond donors (Lipinski definition) is 1. The molecule has 0 saturated heterocycles. The summed E-state index contributed by atoms with van der Waals surface area (Å²) in [6.07, 6.45) is 0. The number of halogens is 1. The molecule has 0 radical (unpaired) electrons. The van der Waals surface area contributed by atoms with Crippen LogP contribution in [0.5, 0.6) is 5.75 Å². The van der Waals surface area contributed by atoms with Gasteiger partial charge < -0.3 is 0 Å². The van der Waals surface area contributed by atoms with Crippen LogP contribution in [0.4, 0.5) is 0 Å². The molecule has 1 rings (SSSR count). The lowest BCUT2D eigenvalue weighted by atomic mass is 10.2. The molecule has 64 valence electrons. The second kappa shape index (κ2) is 4.55. The molecule has 12 heavy (non-hydrogen) atoms. The first-order valence-electron chi connectivity index (χ1n) is 3.21. The van der Waals surface area contributed by atoms with Crippen molar-refractivity contribution >= 4 is 24.2 Å². The molecule has 1 N–H and O–H groups in total. The van der Waals surface area contributed by atoms with E-state index >= 15 is 0 Å². The van der Waals surface area contributed by atoms with Gasteiger partial charge in [0, 0.05) is 9.90 Å². The van der Waals surface area contributed by atoms with E-state index in [9.17, 15) is 4.57 Å². The Morgan fingerprint density at radius 2 is 2.00 bits per heavy atom. The summed E-state index contributed by atoms with van der Waals surface area (Å²) in [6.45, 7) is 0. The van der Waals surface area contributed by atoms with Crippen LogP contribution < -0.4 is 4.52 Å². The van der Waals surface area contributed by atoms with Gasteiger partial charge >= 0.3 is 8.25 Å². The summed E-state index contributed by atoms with van der Waals surface area (Å²) in [5.74, 6) is 0.406. The van der Waals surface area contributed by atoms with Gasteiger partial charge in [-0.15, -0.1) is 4.89 Å². The third kappa shape index (κ3) is 2.89. The van der Waals surface area contributed by atoms with Gasteiger partial charge in [-0.25, -0.2) is 4.52 Å². The topological polar surface area (TPSA) is 46.5 Å². The maximum absolute atomic E-state index is 10.2. The Kier molecular flexibility index (Phi) is 3.66. The van der Waals surface area contributed by atoms with Gasteiger partial charge in [-0.05, 0) is 17.7 Å². The highest BCUT2D eigenvalue weighted by molar-refractivity contribution is 9.08. The first-order chi connectivity index (χ1) is 5.72. The Balaban J connectivity index is 2.71. The molecule has 0 aliphatic heterocycles. The molecule has 0 aliphatic carbocycles. The average Bonchev–Trinajstić information content (AvgIpc) is 2.05. The highest BCUT2D eigenvalue weighted by atomic mass is 79.9. The highest BCUT2D eigenvalue weighted by Crippen LogP contribution is 2.23. The second-order valence-corrected chi connectivity index (χ2v) is 3.33. The van der Waals surface area contributed by atoms with Crippen molar-refractivity contribution in [1.82, 2.24) is 0 Å². The lowest BCUT2D eigenvalue weighted by molar-refractivity contribution is 0.410. The normalized spacial score (nSPS) is 11.0. The van der Waals surface area contributed by atoms with Crippen LogP contribution in [0.15, 0.2) is 24.3 Å². The Bertz CT molecular complexity index is 272.